The highest BCUT2D eigenvalue weighted by atomic mass is 79.9. The Kier molecular flexibility index (Phi) is 5.74. The number of hydrogen-bond donors (Lipinski definition) is 3. The van der Waals surface area contributed by atoms with Gasteiger partial charge in [0.1, 0.15) is 0 Å². The van der Waals surface area contributed by atoms with Crippen LogP contribution in [-0.2, 0) is 14.8 Å². The van der Waals surface area contributed by atoms with Crippen molar-refractivity contribution in [3.63, 3.8) is 0 Å². The first-order chi connectivity index (χ1) is 9.97. The second-order valence-corrected chi connectivity index (χ2v) is 7.61. The lowest BCUT2D eigenvalue weighted by Gasteiger charge is -2.27. The number of amides is 1. The lowest BCUT2D eigenvalue weighted by Crippen LogP contribution is -2.48. The summed E-state index contributed by atoms with van der Waals surface area (Å²) >= 11 is 3.25. The molecule has 1 aromatic rings. The lowest BCUT2D eigenvalue weighted by molar-refractivity contribution is -0.121. The Bertz CT molecular complexity index is 585. The van der Waals surface area contributed by atoms with Gasteiger partial charge in [-0.3, -0.25) is 4.79 Å². The highest BCUT2D eigenvalue weighted by Gasteiger charge is 2.17. The molecule has 1 aliphatic heterocycles. The molecule has 0 aliphatic carbocycles. The van der Waals surface area contributed by atoms with Crippen molar-refractivity contribution in [1.82, 2.24) is 15.4 Å². The molecular weight excluding hydrogens is 358 g/mol. The zero-order valence-corrected chi connectivity index (χ0v) is 13.8. The van der Waals surface area contributed by atoms with Crippen LogP contribution in [0, 0.1) is 5.92 Å². The maximum absolute atomic E-state index is 12.0. The van der Waals surface area contributed by atoms with Crippen molar-refractivity contribution < 1.29 is 13.2 Å². The van der Waals surface area contributed by atoms with Crippen molar-refractivity contribution in [1.29, 1.82) is 0 Å². The minimum absolute atomic E-state index is 0.0904. The Morgan fingerprint density at radius 3 is 2.52 bits per heavy atom. The van der Waals surface area contributed by atoms with Crippen LogP contribution >= 0.6 is 15.9 Å². The normalized spacial score (nSPS) is 15.5. The largest absolute Gasteiger partial charge is 0.356 e. The van der Waals surface area contributed by atoms with Crippen molar-refractivity contribution in [3.8, 4) is 0 Å². The lowest BCUT2D eigenvalue weighted by atomic mass is 10.0. The zero-order chi connectivity index (χ0) is 15.3. The van der Waals surface area contributed by atoms with Gasteiger partial charge < -0.3 is 10.6 Å². The van der Waals surface area contributed by atoms with Crippen LogP contribution in [0.4, 0.5) is 0 Å². The molecule has 6 nitrogen and oxygen atoms in total. The molecule has 0 spiro atoms. The fourth-order valence-electron chi connectivity index (χ4n) is 1.84. The maximum atomic E-state index is 12.0. The predicted octanol–water partition coefficient (Wildman–Crippen LogP) is 0.453. The van der Waals surface area contributed by atoms with E-state index in [2.05, 4.69) is 31.3 Å². The van der Waals surface area contributed by atoms with E-state index in [1.807, 2.05) is 0 Å². The molecule has 116 valence electrons. The van der Waals surface area contributed by atoms with Gasteiger partial charge in [0.25, 0.3) is 0 Å². The summed E-state index contributed by atoms with van der Waals surface area (Å²) in [6.07, 6.45) is 0.135. The molecule has 2 rings (SSSR count). The summed E-state index contributed by atoms with van der Waals surface area (Å²) in [4.78, 5) is 11.8. The van der Waals surface area contributed by atoms with E-state index in [0.717, 1.165) is 17.6 Å². The average Bonchev–Trinajstić information content (AvgIpc) is 2.37. The first kappa shape index (κ1) is 16.4. The van der Waals surface area contributed by atoms with Gasteiger partial charge in [-0.05, 0) is 24.3 Å². The molecule has 1 aliphatic rings. The Labute approximate surface area is 132 Å². The fourth-order valence-corrected chi connectivity index (χ4v) is 3.13. The molecule has 0 unspecified atom stereocenters. The van der Waals surface area contributed by atoms with Gasteiger partial charge in [0.15, 0.2) is 0 Å². The van der Waals surface area contributed by atoms with Crippen LogP contribution in [0.3, 0.4) is 0 Å². The summed E-state index contributed by atoms with van der Waals surface area (Å²) in [6, 6.07) is 6.34. The number of halogens is 1. The number of carbonyl (C=O) groups excluding carboxylic acids is 1. The summed E-state index contributed by atoms with van der Waals surface area (Å²) in [5, 5.41) is 5.92. The Morgan fingerprint density at radius 2 is 1.95 bits per heavy atom. The van der Waals surface area contributed by atoms with Gasteiger partial charge >= 0.3 is 0 Å². The number of nitrogens with one attached hydrogen (secondary N) is 3. The van der Waals surface area contributed by atoms with Crippen LogP contribution in [-0.4, -0.2) is 40.5 Å². The van der Waals surface area contributed by atoms with E-state index in [1.165, 1.54) is 12.1 Å². The molecule has 1 amide bonds. The summed E-state index contributed by atoms with van der Waals surface area (Å²) in [7, 11) is -3.56. The van der Waals surface area contributed by atoms with Crippen molar-refractivity contribution >= 4 is 31.9 Å². The van der Waals surface area contributed by atoms with E-state index >= 15 is 0 Å². The van der Waals surface area contributed by atoms with E-state index in [9.17, 15) is 13.2 Å². The maximum Gasteiger partial charge on any atom is 0.240 e. The molecule has 8 heteroatoms. The van der Waals surface area contributed by atoms with E-state index in [0.29, 0.717) is 12.5 Å². The Morgan fingerprint density at radius 1 is 1.29 bits per heavy atom. The number of rotatable bonds is 7. The van der Waals surface area contributed by atoms with Crippen molar-refractivity contribution in [2.24, 2.45) is 5.92 Å². The van der Waals surface area contributed by atoms with Gasteiger partial charge in [-0.1, -0.05) is 15.9 Å². The first-order valence-corrected chi connectivity index (χ1v) is 8.97. The van der Waals surface area contributed by atoms with E-state index in [-0.39, 0.29) is 23.8 Å². The smallest absolute Gasteiger partial charge is 0.240 e. The van der Waals surface area contributed by atoms with Gasteiger partial charge in [0.2, 0.25) is 15.9 Å². The van der Waals surface area contributed by atoms with Crippen LogP contribution in [0.25, 0.3) is 0 Å². The molecule has 21 heavy (non-hydrogen) atoms. The molecule has 0 aromatic heterocycles. The van der Waals surface area contributed by atoms with Gasteiger partial charge in [-0.15, -0.1) is 0 Å². The molecule has 0 saturated carbocycles. The predicted molar refractivity (Wildman–Crippen MR) is 83.3 cm³/mol. The number of carbonyl (C=O) groups is 1. The summed E-state index contributed by atoms with van der Waals surface area (Å²) < 4.78 is 27.2. The van der Waals surface area contributed by atoms with E-state index in [1.54, 1.807) is 12.1 Å². The molecule has 0 atom stereocenters. The Hall–Kier alpha value is -0.960. The van der Waals surface area contributed by atoms with Crippen LogP contribution in [0.1, 0.15) is 6.42 Å². The van der Waals surface area contributed by atoms with Crippen LogP contribution in [0.5, 0.6) is 0 Å². The minimum atomic E-state index is -3.56. The molecule has 1 heterocycles. The molecule has 3 N–H and O–H groups in total. The second-order valence-electron chi connectivity index (χ2n) is 4.93. The second kappa shape index (κ2) is 7.35. The number of hydrogen-bond acceptors (Lipinski definition) is 4. The first-order valence-electron chi connectivity index (χ1n) is 6.70. The van der Waals surface area contributed by atoms with Gasteiger partial charge in [0.05, 0.1) is 4.90 Å². The van der Waals surface area contributed by atoms with E-state index < -0.39 is 10.0 Å². The third-order valence-electron chi connectivity index (χ3n) is 3.22. The van der Waals surface area contributed by atoms with Crippen LogP contribution in [0.2, 0.25) is 0 Å². The number of sulfonamides is 1. The molecule has 0 bridgehead atoms. The third kappa shape index (κ3) is 5.06. The third-order valence-corrected chi connectivity index (χ3v) is 5.23. The summed E-state index contributed by atoms with van der Waals surface area (Å²) in [5.41, 5.74) is 0. The van der Waals surface area contributed by atoms with Crippen molar-refractivity contribution in [2.45, 2.75) is 11.3 Å². The summed E-state index contributed by atoms with van der Waals surface area (Å²) in [5.74, 6) is 0.355. The molecule has 1 aromatic carbocycles. The molecular formula is C13H18BrN3O3S. The highest BCUT2D eigenvalue weighted by Crippen LogP contribution is 2.14. The molecule has 0 radical (unpaired) electrons. The SMILES string of the molecule is O=C(CCNS(=O)(=O)c1ccc(Br)cc1)NCC1CNC1. The average molecular weight is 376 g/mol. The quantitative estimate of drug-likeness (QED) is 0.645. The van der Waals surface area contributed by atoms with Crippen molar-refractivity contribution in [2.75, 3.05) is 26.2 Å². The van der Waals surface area contributed by atoms with Crippen LogP contribution < -0.4 is 15.4 Å². The summed E-state index contributed by atoms with van der Waals surface area (Å²) in [6.45, 7) is 2.59. The molecule has 1 saturated heterocycles. The minimum Gasteiger partial charge on any atom is -0.356 e. The van der Waals surface area contributed by atoms with E-state index in [4.69, 9.17) is 0 Å². The Balaban J connectivity index is 1.73. The van der Waals surface area contributed by atoms with Gasteiger partial charge in [-0.25, -0.2) is 13.1 Å². The monoisotopic (exact) mass is 375 g/mol. The number of benzene rings is 1. The molecule has 1 fully saturated rings. The van der Waals surface area contributed by atoms with Gasteiger partial charge in [0, 0.05) is 43.0 Å². The standard InChI is InChI=1S/C13H18BrN3O3S/c14-11-1-3-12(4-2-11)21(19,20)17-6-5-13(18)16-9-10-7-15-8-10/h1-4,10,15,17H,5-9H2,(H,16,18). The van der Waals surface area contributed by atoms with Crippen molar-refractivity contribution in [3.05, 3.63) is 28.7 Å². The topological polar surface area (TPSA) is 87.3 Å². The van der Waals surface area contributed by atoms with Crippen LogP contribution in [0.15, 0.2) is 33.6 Å². The zero-order valence-electron chi connectivity index (χ0n) is 11.4. The fraction of sp³-hybridized carbons (Fsp3) is 0.462. The van der Waals surface area contributed by atoms with Gasteiger partial charge in [-0.2, -0.15) is 0 Å². The highest BCUT2D eigenvalue weighted by molar-refractivity contribution is 9.10.